The van der Waals surface area contributed by atoms with Crippen LogP contribution in [-0.2, 0) is 22.3 Å². The molecule has 1 saturated heterocycles. The van der Waals surface area contributed by atoms with E-state index in [1.54, 1.807) is 0 Å². The summed E-state index contributed by atoms with van der Waals surface area (Å²) in [6.07, 6.45) is -1.90. The van der Waals surface area contributed by atoms with Crippen molar-refractivity contribution >= 4 is 5.91 Å². The van der Waals surface area contributed by atoms with Crippen molar-refractivity contribution in [1.82, 2.24) is 29.8 Å². The number of ether oxygens (including phenoxy) is 2. The fourth-order valence-corrected chi connectivity index (χ4v) is 4.54. The number of imidazole rings is 1. The van der Waals surface area contributed by atoms with Crippen molar-refractivity contribution < 1.29 is 40.7 Å². The van der Waals surface area contributed by atoms with Crippen LogP contribution in [0.2, 0.25) is 0 Å². The van der Waals surface area contributed by atoms with Crippen LogP contribution in [0.4, 0.5) is 22.0 Å². The van der Waals surface area contributed by atoms with Gasteiger partial charge in [0.05, 0.1) is 36.7 Å². The summed E-state index contributed by atoms with van der Waals surface area (Å²) < 4.78 is 87.1. The predicted octanol–water partition coefficient (Wildman–Crippen LogP) is 4.68. The van der Waals surface area contributed by atoms with Crippen LogP contribution in [0.25, 0.3) is 34.0 Å². The molecule has 1 amide bonds. The Morgan fingerprint density at radius 1 is 0.977 bits per heavy atom. The first kappa shape index (κ1) is 28.2. The molecule has 0 N–H and O–H groups in total. The molecule has 3 aromatic rings. The number of alkyl halides is 3. The first-order valence-corrected chi connectivity index (χ1v) is 13.0. The lowest BCUT2D eigenvalue weighted by atomic mass is 10.0. The minimum absolute atomic E-state index is 0.0222. The number of fused-ring (bicyclic) bond motifs is 1. The van der Waals surface area contributed by atoms with Gasteiger partial charge < -0.3 is 18.9 Å². The lowest BCUT2D eigenvalue weighted by Crippen LogP contribution is -2.42. The summed E-state index contributed by atoms with van der Waals surface area (Å²) >= 11 is 0. The fraction of sp³-hybridized carbons (Fsp3) is 0.250. The van der Waals surface area contributed by atoms with Gasteiger partial charge in [0.2, 0.25) is 0 Å². The molecule has 0 bridgehead atoms. The van der Waals surface area contributed by atoms with Gasteiger partial charge in [-0.3, -0.25) is 9.48 Å². The van der Waals surface area contributed by atoms with Gasteiger partial charge in [0.1, 0.15) is 29.4 Å². The van der Waals surface area contributed by atoms with Gasteiger partial charge in [0.15, 0.2) is 29.8 Å². The van der Waals surface area contributed by atoms with Crippen molar-refractivity contribution in [3.05, 3.63) is 77.8 Å². The number of benzene rings is 2. The number of carbonyl (C=O) groups is 1. The zero-order chi connectivity index (χ0) is 30.1. The molecule has 3 aliphatic heterocycles. The van der Waals surface area contributed by atoms with E-state index in [2.05, 4.69) is 20.2 Å². The summed E-state index contributed by atoms with van der Waals surface area (Å²) in [6.45, 7) is 1.13. The zero-order valence-corrected chi connectivity index (χ0v) is 22.1. The van der Waals surface area contributed by atoms with Crippen LogP contribution in [-0.4, -0.2) is 68.6 Å². The Morgan fingerprint density at radius 2 is 1.77 bits per heavy atom. The Labute approximate surface area is 240 Å². The topological polar surface area (TPSA) is 108 Å². The Balaban J connectivity index is 1.19. The lowest BCUT2D eigenvalue weighted by Gasteiger charge is -2.26. The zero-order valence-electron chi connectivity index (χ0n) is 22.1. The van der Waals surface area contributed by atoms with Crippen molar-refractivity contribution in [3.63, 3.8) is 0 Å². The molecule has 6 rings (SSSR count). The van der Waals surface area contributed by atoms with Gasteiger partial charge in [-0.1, -0.05) is 11.2 Å². The van der Waals surface area contributed by atoms with Gasteiger partial charge in [-0.2, -0.15) is 18.3 Å². The molecule has 222 valence electrons. The third-order valence-electron chi connectivity index (χ3n) is 6.68. The SMILES string of the molecule is O=C(COc1ccc(-c2cc(Cn3cc4nc(-c5cccc(F)c5F)nc-4cn3)on2)c(C(F)(F)F)c1)N1CCOCC1. The number of rotatable bonds is 7. The minimum Gasteiger partial charge on any atom is -0.484 e. The Bertz CT molecular complexity index is 1750. The second kappa shape index (κ2) is 11.4. The lowest BCUT2D eigenvalue weighted by molar-refractivity contribution is -0.137. The maximum absolute atomic E-state index is 14.2. The third kappa shape index (κ3) is 6.02. The average molecular weight is 601 g/mol. The van der Waals surface area contributed by atoms with Crippen molar-refractivity contribution in [2.75, 3.05) is 32.9 Å². The van der Waals surface area contributed by atoms with Crippen LogP contribution >= 0.6 is 0 Å². The maximum Gasteiger partial charge on any atom is 0.417 e. The molecule has 0 unspecified atom stereocenters. The standard InChI is InChI=1S/C28H21F5N6O4/c29-21-3-1-2-19(26(21)30)27-35-23-12-34-39(14-24(23)36-27)13-17-11-22(37-43-17)18-5-4-16(10-20(18)28(31,32)33)42-15-25(40)38-6-8-41-9-7-38/h1-5,10-12,14H,6-9,13,15H2. The van der Waals surface area contributed by atoms with Gasteiger partial charge in [0, 0.05) is 24.7 Å². The number of hydrogen-bond acceptors (Lipinski definition) is 8. The predicted molar refractivity (Wildman–Crippen MR) is 139 cm³/mol. The van der Waals surface area contributed by atoms with Crippen molar-refractivity contribution in [2.24, 2.45) is 0 Å². The van der Waals surface area contributed by atoms with E-state index in [1.165, 1.54) is 52.3 Å². The monoisotopic (exact) mass is 600 g/mol. The molecule has 1 fully saturated rings. The Morgan fingerprint density at radius 3 is 2.56 bits per heavy atom. The van der Waals surface area contributed by atoms with Gasteiger partial charge in [-0.25, -0.2) is 18.7 Å². The molecule has 0 atom stereocenters. The quantitative estimate of drug-likeness (QED) is 0.248. The highest BCUT2D eigenvalue weighted by molar-refractivity contribution is 5.78. The highest BCUT2D eigenvalue weighted by atomic mass is 19.4. The van der Waals surface area contributed by atoms with Gasteiger partial charge in [0.25, 0.3) is 5.91 Å². The molecule has 15 heteroatoms. The summed E-state index contributed by atoms with van der Waals surface area (Å²) in [7, 11) is 0. The smallest absolute Gasteiger partial charge is 0.417 e. The van der Waals surface area contributed by atoms with Gasteiger partial charge >= 0.3 is 6.18 Å². The van der Waals surface area contributed by atoms with Crippen LogP contribution in [0.1, 0.15) is 11.3 Å². The molecule has 10 nitrogen and oxygen atoms in total. The van der Waals surface area contributed by atoms with E-state index in [0.29, 0.717) is 37.7 Å². The van der Waals surface area contributed by atoms with Gasteiger partial charge in [-0.15, -0.1) is 0 Å². The molecule has 2 aromatic carbocycles. The first-order valence-electron chi connectivity index (χ1n) is 13.0. The summed E-state index contributed by atoms with van der Waals surface area (Å²) in [6, 6.07) is 8.35. The second-order valence-electron chi connectivity index (χ2n) is 9.56. The van der Waals surface area contributed by atoms with Crippen molar-refractivity contribution in [3.8, 4) is 39.8 Å². The van der Waals surface area contributed by atoms with E-state index in [9.17, 15) is 26.7 Å². The van der Waals surface area contributed by atoms with Crippen LogP contribution in [0, 0.1) is 11.6 Å². The van der Waals surface area contributed by atoms with Crippen LogP contribution in [0.5, 0.6) is 5.75 Å². The number of nitrogens with zero attached hydrogens (tertiary/aromatic N) is 6. The van der Waals surface area contributed by atoms with E-state index in [0.717, 1.165) is 12.1 Å². The molecule has 43 heavy (non-hydrogen) atoms. The molecule has 1 aromatic heterocycles. The maximum atomic E-state index is 14.2. The average Bonchev–Trinajstić information content (AvgIpc) is 3.64. The van der Waals surface area contributed by atoms with E-state index in [4.69, 9.17) is 14.0 Å². The highest BCUT2D eigenvalue weighted by Gasteiger charge is 2.35. The van der Waals surface area contributed by atoms with E-state index in [-0.39, 0.29) is 46.6 Å². The molecular formula is C28H21F5N6O4. The van der Waals surface area contributed by atoms with Crippen molar-refractivity contribution in [1.29, 1.82) is 0 Å². The van der Waals surface area contributed by atoms with Crippen LogP contribution in [0.3, 0.4) is 0 Å². The number of halogens is 5. The number of carbonyl (C=O) groups excluding carboxylic acids is 1. The van der Waals surface area contributed by atoms with E-state index >= 15 is 0 Å². The van der Waals surface area contributed by atoms with Crippen LogP contribution in [0.15, 0.2) is 59.4 Å². The number of hydrogen-bond donors (Lipinski definition) is 0. The number of morpholine rings is 1. The summed E-state index contributed by atoms with van der Waals surface area (Å²) in [5.74, 6) is -2.42. The van der Waals surface area contributed by atoms with Crippen LogP contribution < -0.4 is 4.74 Å². The van der Waals surface area contributed by atoms with E-state index < -0.39 is 30.0 Å². The summed E-state index contributed by atoms with van der Waals surface area (Å²) in [5, 5.41) is 8.00. The molecule has 4 heterocycles. The minimum atomic E-state index is -4.75. The van der Waals surface area contributed by atoms with Crippen molar-refractivity contribution in [2.45, 2.75) is 12.7 Å². The van der Waals surface area contributed by atoms with Gasteiger partial charge in [-0.05, 0) is 30.3 Å². The number of aromatic nitrogens is 5. The molecule has 0 saturated carbocycles. The molecule has 0 spiro atoms. The third-order valence-corrected chi connectivity index (χ3v) is 6.68. The second-order valence-corrected chi connectivity index (χ2v) is 9.56. The molecule has 0 radical (unpaired) electrons. The van der Waals surface area contributed by atoms with E-state index in [1.807, 2.05) is 0 Å². The number of amides is 1. The Hall–Kier alpha value is -4.92. The summed E-state index contributed by atoms with van der Waals surface area (Å²) in [4.78, 5) is 22.3. The molecule has 3 aliphatic rings. The first-order chi connectivity index (χ1) is 20.7. The molecule has 0 aliphatic carbocycles. The normalized spacial score (nSPS) is 13.9. The summed E-state index contributed by atoms with van der Waals surface area (Å²) in [5.41, 5.74) is -0.779. The fourth-order valence-electron chi connectivity index (χ4n) is 4.54. The highest BCUT2D eigenvalue weighted by Crippen LogP contribution is 2.39. The molecular weight excluding hydrogens is 579 g/mol. The largest absolute Gasteiger partial charge is 0.484 e. The Kier molecular flexibility index (Phi) is 7.48.